The third-order valence-electron chi connectivity index (χ3n) is 3.19. The molecule has 106 valence electrons. The molecular formula is C15H19N3O2. The maximum atomic E-state index is 12.1. The van der Waals surface area contributed by atoms with E-state index in [9.17, 15) is 4.79 Å². The standard InChI is InChI=1S/C15H19N3O2/c1-9(2)12-7-14(18-17-12)15(20)16-13-6-11(8-19)5-4-10(13)3/h4-7,9,19H,8H2,1-3H3,(H,16,20)(H,17,18). The van der Waals surface area contributed by atoms with Crippen LogP contribution in [0.5, 0.6) is 0 Å². The van der Waals surface area contributed by atoms with Crippen molar-refractivity contribution in [2.24, 2.45) is 0 Å². The van der Waals surface area contributed by atoms with Crippen LogP contribution < -0.4 is 5.32 Å². The van der Waals surface area contributed by atoms with E-state index < -0.39 is 0 Å². The first kappa shape index (κ1) is 14.3. The summed E-state index contributed by atoms with van der Waals surface area (Å²) in [7, 11) is 0. The van der Waals surface area contributed by atoms with Crippen molar-refractivity contribution in [1.82, 2.24) is 10.2 Å². The highest BCUT2D eigenvalue weighted by Gasteiger charge is 2.13. The van der Waals surface area contributed by atoms with Gasteiger partial charge >= 0.3 is 0 Å². The molecule has 0 spiro atoms. The molecule has 2 aromatic rings. The monoisotopic (exact) mass is 273 g/mol. The van der Waals surface area contributed by atoms with Crippen molar-refractivity contribution in [3.63, 3.8) is 0 Å². The van der Waals surface area contributed by atoms with E-state index in [1.165, 1.54) is 0 Å². The number of aryl methyl sites for hydroxylation is 1. The van der Waals surface area contributed by atoms with Gasteiger partial charge in [-0.3, -0.25) is 9.89 Å². The fraction of sp³-hybridized carbons (Fsp3) is 0.333. The summed E-state index contributed by atoms with van der Waals surface area (Å²) < 4.78 is 0. The summed E-state index contributed by atoms with van der Waals surface area (Å²) in [6, 6.07) is 7.22. The van der Waals surface area contributed by atoms with Crippen molar-refractivity contribution < 1.29 is 9.90 Å². The topological polar surface area (TPSA) is 78.0 Å². The number of carbonyl (C=O) groups is 1. The fourth-order valence-corrected chi connectivity index (χ4v) is 1.84. The number of anilines is 1. The van der Waals surface area contributed by atoms with Gasteiger partial charge in [-0.05, 0) is 36.1 Å². The van der Waals surface area contributed by atoms with Gasteiger partial charge in [0, 0.05) is 11.4 Å². The molecule has 0 aliphatic carbocycles. The maximum absolute atomic E-state index is 12.1. The zero-order chi connectivity index (χ0) is 14.7. The molecule has 5 nitrogen and oxygen atoms in total. The summed E-state index contributed by atoms with van der Waals surface area (Å²) in [5, 5.41) is 18.8. The van der Waals surface area contributed by atoms with Crippen LogP contribution in [0.2, 0.25) is 0 Å². The Morgan fingerprint density at radius 3 is 2.75 bits per heavy atom. The first-order valence-corrected chi connectivity index (χ1v) is 6.58. The summed E-state index contributed by atoms with van der Waals surface area (Å²) in [6.07, 6.45) is 0. The van der Waals surface area contributed by atoms with E-state index in [0.29, 0.717) is 17.3 Å². The normalized spacial score (nSPS) is 10.8. The molecule has 2 rings (SSSR count). The summed E-state index contributed by atoms with van der Waals surface area (Å²) in [5.74, 6) is 0.0369. The molecule has 1 aromatic carbocycles. The zero-order valence-corrected chi connectivity index (χ0v) is 11.9. The molecule has 0 bridgehead atoms. The summed E-state index contributed by atoms with van der Waals surface area (Å²) in [6.45, 7) is 5.91. The number of aliphatic hydroxyl groups is 1. The lowest BCUT2D eigenvalue weighted by Crippen LogP contribution is -2.13. The number of nitrogens with zero attached hydrogens (tertiary/aromatic N) is 1. The summed E-state index contributed by atoms with van der Waals surface area (Å²) in [5.41, 5.74) is 3.68. The van der Waals surface area contributed by atoms with Gasteiger partial charge in [-0.25, -0.2) is 0 Å². The molecule has 0 saturated carbocycles. The Bertz CT molecular complexity index is 617. The molecule has 0 fully saturated rings. The molecule has 0 saturated heterocycles. The van der Waals surface area contributed by atoms with E-state index in [1.807, 2.05) is 32.9 Å². The second-order valence-electron chi connectivity index (χ2n) is 5.12. The van der Waals surface area contributed by atoms with Gasteiger partial charge < -0.3 is 10.4 Å². The van der Waals surface area contributed by atoms with Crippen molar-refractivity contribution in [3.05, 3.63) is 46.8 Å². The highest BCUT2D eigenvalue weighted by atomic mass is 16.3. The van der Waals surface area contributed by atoms with E-state index in [2.05, 4.69) is 15.5 Å². The number of rotatable bonds is 4. The van der Waals surface area contributed by atoms with Crippen molar-refractivity contribution in [1.29, 1.82) is 0 Å². The van der Waals surface area contributed by atoms with Crippen molar-refractivity contribution in [3.8, 4) is 0 Å². The van der Waals surface area contributed by atoms with E-state index in [0.717, 1.165) is 16.8 Å². The highest BCUT2D eigenvalue weighted by molar-refractivity contribution is 6.03. The second kappa shape index (κ2) is 5.88. The molecule has 20 heavy (non-hydrogen) atoms. The number of amides is 1. The van der Waals surface area contributed by atoms with Crippen LogP contribution in [-0.4, -0.2) is 21.2 Å². The molecular weight excluding hydrogens is 254 g/mol. The zero-order valence-electron chi connectivity index (χ0n) is 11.9. The van der Waals surface area contributed by atoms with Gasteiger partial charge in [-0.2, -0.15) is 5.10 Å². The highest BCUT2D eigenvalue weighted by Crippen LogP contribution is 2.18. The third kappa shape index (κ3) is 3.05. The molecule has 0 aliphatic heterocycles. The maximum Gasteiger partial charge on any atom is 0.276 e. The number of H-pyrrole nitrogens is 1. The van der Waals surface area contributed by atoms with Crippen LogP contribution in [0.25, 0.3) is 0 Å². The number of hydrogen-bond donors (Lipinski definition) is 3. The van der Waals surface area contributed by atoms with Crippen molar-refractivity contribution in [2.75, 3.05) is 5.32 Å². The van der Waals surface area contributed by atoms with Crippen LogP contribution in [0.15, 0.2) is 24.3 Å². The van der Waals surface area contributed by atoms with Gasteiger partial charge in [0.25, 0.3) is 5.91 Å². The molecule has 0 radical (unpaired) electrons. The lowest BCUT2D eigenvalue weighted by atomic mass is 10.1. The van der Waals surface area contributed by atoms with Crippen LogP contribution in [0.4, 0.5) is 5.69 Å². The quantitative estimate of drug-likeness (QED) is 0.801. The average Bonchev–Trinajstić information content (AvgIpc) is 2.91. The molecule has 0 aliphatic rings. The number of aliphatic hydroxyl groups excluding tert-OH is 1. The Balaban J connectivity index is 2.18. The predicted octanol–water partition coefficient (Wildman–Crippen LogP) is 2.59. The van der Waals surface area contributed by atoms with Crippen LogP contribution >= 0.6 is 0 Å². The minimum absolute atomic E-state index is 0.0525. The Kier molecular flexibility index (Phi) is 4.20. The fourth-order valence-electron chi connectivity index (χ4n) is 1.84. The minimum Gasteiger partial charge on any atom is -0.392 e. The Labute approximate surface area is 118 Å². The average molecular weight is 273 g/mol. The Morgan fingerprint density at radius 1 is 1.40 bits per heavy atom. The number of aromatic nitrogens is 2. The predicted molar refractivity (Wildman–Crippen MR) is 77.7 cm³/mol. The van der Waals surface area contributed by atoms with Crippen LogP contribution in [0.1, 0.15) is 47.1 Å². The first-order chi connectivity index (χ1) is 9.51. The number of carbonyl (C=O) groups excluding carboxylic acids is 1. The Hall–Kier alpha value is -2.14. The van der Waals surface area contributed by atoms with Gasteiger partial charge in [0.2, 0.25) is 0 Å². The van der Waals surface area contributed by atoms with E-state index >= 15 is 0 Å². The summed E-state index contributed by atoms with van der Waals surface area (Å²) >= 11 is 0. The second-order valence-corrected chi connectivity index (χ2v) is 5.12. The molecule has 1 heterocycles. The van der Waals surface area contributed by atoms with Crippen molar-refractivity contribution >= 4 is 11.6 Å². The smallest absolute Gasteiger partial charge is 0.276 e. The number of aromatic amines is 1. The number of nitrogens with one attached hydrogen (secondary N) is 2. The minimum atomic E-state index is -0.258. The lowest BCUT2D eigenvalue weighted by Gasteiger charge is -2.08. The van der Waals surface area contributed by atoms with Crippen molar-refractivity contribution in [2.45, 2.75) is 33.3 Å². The molecule has 0 atom stereocenters. The Morgan fingerprint density at radius 2 is 2.15 bits per heavy atom. The lowest BCUT2D eigenvalue weighted by molar-refractivity contribution is 0.102. The first-order valence-electron chi connectivity index (χ1n) is 6.58. The number of hydrogen-bond acceptors (Lipinski definition) is 3. The molecule has 0 unspecified atom stereocenters. The number of benzene rings is 1. The van der Waals surface area contributed by atoms with E-state index in [-0.39, 0.29) is 12.5 Å². The molecule has 3 N–H and O–H groups in total. The van der Waals surface area contributed by atoms with Gasteiger partial charge in [-0.15, -0.1) is 0 Å². The van der Waals surface area contributed by atoms with E-state index in [4.69, 9.17) is 5.11 Å². The molecule has 1 aromatic heterocycles. The molecule has 1 amide bonds. The molecule has 5 heteroatoms. The van der Waals surface area contributed by atoms with Gasteiger partial charge in [0.15, 0.2) is 5.69 Å². The van der Waals surface area contributed by atoms with Crippen LogP contribution in [-0.2, 0) is 6.61 Å². The van der Waals surface area contributed by atoms with E-state index in [1.54, 1.807) is 12.1 Å². The van der Waals surface area contributed by atoms with Gasteiger partial charge in [0.1, 0.15) is 0 Å². The van der Waals surface area contributed by atoms with Crippen LogP contribution in [0, 0.1) is 6.92 Å². The van der Waals surface area contributed by atoms with Crippen LogP contribution in [0.3, 0.4) is 0 Å². The van der Waals surface area contributed by atoms with Gasteiger partial charge in [-0.1, -0.05) is 26.0 Å². The van der Waals surface area contributed by atoms with Gasteiger partial charge in [0.05, 0.1) is 6.61 Å². The largest absolute Gasteiger partial charge is 0.392 e. The SMILES string of the molecule is Cc1ccc(CO)cc1NC(=O)c1cc(C(C)C)[nH]n1. The summed E-state index contributed by atoms with van der Waals surface area (Å²) in [4.78, 5) is 12.1. The third-order valence-corrected chi connectivity index (χ3v) is 3.19.